The maximum Gasteiger partial charge on any atom is 0.520 e. The van der Waals surface area contributed by atoms with Crippen LogP contribution >= 0.6 is 0 Å². The van der Waals surface area contributed by atoms with Crippen molar-refractivity contribution in [3.8, 4) is 5.75 Å². The Morgan fingerprint density at radius 1 is 1.35 bits per heavy atom. The van der Waals surface area contributed by atoms with E-state index < -0.39 is 17.7 Å². The van der Waals surface area contributed by atoms with E-state index in [2.05, 4.69) is 4.98 Å². The van der Waals surface area contributed by atoms with E-state index >= 15 is 0 Å². The number of hydrogen-bond acceptors (Lipinski definition) is 3. The molecule has 1 aromatic carbocycles. The Hall–Kier alpha value is -2.22. The van der Waals surface area contributed by atoms with E-state index in [1.807, 2.05) is 4.90 Å². The van der Waals surface area contributed by atoms with Gasteiger partial charge in [0, 0.05) is 27.9 Å². The highest BCUT2D eigenvalue weighted by atomic mass is 19.4. The van der Waals surface area contributed by atoms with Crippen molar-refractivity contribution in [1.82, 2.24) is 9.88 Å². The number of carbonyl (C=O) groups excluding carboxylic acids is 1. The molecule has 0 bridgehead atoms. The van der Waals surface area contributed by atoms with Crippen molar-refractivity contribution < 1.29 is 27.8 Å². The molecular weight excluding hydrogens is 313 g/mol. The van der Waals surface area contributed by atoms with Crippen molar-refractivity contribution in [3.63, 3.8) is 0 Å². The molecule has 0 saturated heterocycles. The molecule has 0 saturated carbocycles. The number of methoxy groups -OCH3 is 1. The molecule has 2 aromatic rings. The molecule has 0 radical (unpaired) electrons. The normalized spacial score (nSPS) is 12.1. The van der Waals surface area contributed by atoms with Crippen LogP contribution in [0.5, 0.6) is 5.75 Å². The minimum Gasteiger partial charge on any atom is -0.564 e. The van der Waals surface area contributed by atoms with E-state index in [9.17, 15) is 18.0 Å². The maximum atomic E-state index is 13.1. The molecule has 126 valence electrons. The standard InChI is InChI=1S/C15H17F3N2O3/c1-20(2)7-12-9(5-14(21)22)8-4-13(23-3)10(15(16,17)18)6-11(8)19-12/h4,6,19H,5,7H2,1-3H3,(H,21,22)/p+1. The van der Waals surface area contributed by atoms with Crippen LogP contribution in [0.25, 0.3) is 10.9 Å². The van der Waals surface area contributed by atoms with Gasteiger partial charge in [0.2, 0.25) is 0 Å². The summed E-state index contributed by atoms with van der Waals surface area (Å²) in [4.78, 5) is 16.0. The second-order valence-electron chi connectivity index (χ2n) is 5.52. The summed E-state index contributed by atoms with van der Waals surface area (Å²) in [6, 6.07) is 2.25. The van der Waals surface area contributed by atoms with Gasteiger partial charge in [0.05, 0.1) is 12.7 Å². The Bertz CT molecular complexity index is 736. The molecule has 5 nitrogen and oxygen atoms in total. The number of benzene rings is 1. The highest BCUT2D eigenvalue weighted by molar-refractivity contribution is 5.90. The van der Waals surface area contributed by atoms with Gasteiger partial charge < -0.3 is 19.7 Å². The van der Waals surface area contributed by atoms with Crippen LogP contribution in [0.3, 0.4) is 0 Å². The summed E-state index contributed by atoms with van der Waals surface area (Å²) in [5.41, 5.74) is 0.535. The first kappa shape index (κ1) is 17.1. The number of fused-ring (bicyclic) bond motifs is 1. The van der Waals surface area contributed by atoms with E-state index in [0.29, 0.717) is 23.2 Å². The average molecular weight is 331 g/mol. The lowest BCUT2D eigenvalue weighted by Gasteiger charge is -2.12. The van der Waals surface area contributed by atoms with Gasteiger partial charge in [0.25, 0.3) is 0 Å². The highest BCUT2D eigenvalue weighted by Gasteiger charge is 2.35. The number of nitrogens with one attached hydrogen (secondary N) is 1. The topological polar surface area (TPSA) is 68.2 Å². The summed E-state index contributed by atoms with van der Waals surface area (Å²) in [7, 11) is 4.78. The number of aromatic amines is 1. The van der Waals surface area contributed by atoms with E-state index in [-0.39, 0.29) is 17.7 Å². The van der Waals surface area contributed by atoms with Crippen LogP contribution in [0.2, 0.25) is 0 Å². The molecule has 1 aromatic heterocycles. The number of H-pyrrole nitrogens is 1. The molecule has 0 atom stereocenters. The van der Waals surface area contributed by atoms with Crippen molar-refractivity contribution in [3.05, 3.63) is 29.0 Å². The first-order chi connectivity index (χ1) is 10.6. The van der Waals surface area contributed by atoms with Gasteiger partial charge in [-0.2, -0.15) is 13.2 Å². The number of hydrogen-bond donors (Lipinski definition) is 1. The molecule has 3 N–H and O–H groups in total. The lowest BCUT2D eigenvalue weighted by molar-refractivity contribution is -0.139. The number of rotatable bonds is 5. The van der Waals surface area contributed by atoms with Gasteiger partial charge >= 0.3 is 12.1 Å². The van der Waals surface area contributed by atoms with Crippen molar-refractivity contribution in [2.75, 3.05) is 21.2 Å². The smallest absolute Gasteiger partial charge is 0.520 e. The van der Waals surface area contributed by atoms with Crippen LogP contribution in [-0.4, -0.2) is 42.2 Å². The van der Waals surface area contributed by atoms with Crippen LogP contribution in [0.15, 0.2) is 12.1 Å². The fraction of sp³-hybridized carbons (Fsp3) is 0.400. The van der Waals surface area contributed by atoms with Gasteiger partial charge in [-0.05, 0) is 31.8 Å². The van der Waals surface area contributed by atoms with E-state index in [4.69, 9.17) is 9.84 Å². The molecular formula is C15H18F3N2O3+. The van der Waals surface area contributed by atoms with Gasteiger partial charge in [0.15, 0.2) is 0 Å². The molecule has 0 spiro atoms. The molecule has 0 unspecified atom stereocenters. The summed E-state index contributed by atoms with van der Waals surface area (Å²) in [5, 5.41) is 7.64. The van der Waals surface area contributed by atoms with Gasteiger partial charge in [-0.15, -0.1) is 0 Å². The second kappa shape index (κ2) is 6.11. The molecule has 23 heavy (non-hydrogen) atoms. The monoisotopic (exact) mass is 331 g/mol. The van der Waals surface area contributed by atoms with Crippen LogP contribution in [-0.2, 0) is 23.9 Å². The number of nitrogens with zero attached hydrogens (tertiary/aromatic N) is 1. The molecule has 8 heteroatoms. The Morgan fingerprint density at radius 2 is 2.00 bits per heavy atom. The largest absolute Gasteiger partial charge is 0.564 e. The van der Waals surface area contributed by atoms with Crippen molar-refractivity contribution in [2.24, 2.45) is 0 Å². The summed E-state index contributed by atoms with van der Waals surface area (Å²) >= 11 is 0. The highest BCUT2D eigenvalue weighted by Crippen LogP contribution is 2.40. The minimum atomic E-state index is -4.54. The van der Waals surface area contributed by atoms with E-state index in [0.717, 1.165) is 6.07 Å². The summed E-state index contributed by atoms with van der Waals surface area (Å²) in [5.74, 6) is -1.11. The van der Waals surface area contributed by atoms with E-state index in [1.54, 1.807) is 14.1 Å². The fourth-order valence-corrected chi connectivity index (χ4v) is 2.54. The van der Waals surface area contributed by atoms with Crippen LogP contribution in [0.4, 0.5) is 13.2 Å². The number of halogens is 3. The maximum absolute atomic E-state index is 13.1. The van der Waals surface area contributed by atoms with Gasteiger partial charge in [0.1, 0.15) is 12.2 Å². The van der Waals surface area contributed by atoms with Gasteiger partial charge in [-0.1, -0.05) is 0 Å². The zero-order valence-electron chi connectivity index (χ0n) is 13.0. The number of ether oxygens (including phenoxy) is 1. The lowest BCUT2D eigenvalue weighted by Crippen LogP contribution is -2.13. The Balaban J connectivity index is 2.71. The predicted molar refractivity (Wildman–Crippen MR) is 79.6 cm³/mol. The SMILES string of the molecule is COc1cc2c(CC(=O)[OH2+])c(CN(C)C)[nH]c2cc1C(F)(F)F. The molecule has 0 amide bonds. The third kappa shape index (κ3) is 3.58. The molecule has 1 heterocycles. The number of aromatic nitrogens is 1. The molecule has 0 aliphatic heterocycles. The quantitative estimate of drug-likeness (QED) is 0.853. The Morgan fingerprint density at radius 3 is 2.48 bits per heavy atom. The first-order valence-corrected chi connectivity index (χ1v) is 6.81. The molecule has 0 aliphatic carbocycles. The fourth-order valence-electron chi connectivity index (χ4n) is 2.54. The van der Waals surface area contributed by atoms with Crippen molar-refractivity contribution >= 4 is 16.9 Å². The zero-order chi connectivity index (χ0) is 17.4. The first-order valence-electron chi connectivity index (χ1n) is 6.81. The summed E-state index contributed by atoms with van der Waals surface area (Å²) < 4.78 is 44.2. The number of carbonyl (C=O) groups is 1. The Labute approximate surface area is 130 Å². The van der Waals surface area contributed by atoms with Crippen molar-refractivity contribution in [2.45, 2.75) is 19.1 Å². The lowest BCUT2D eigenvalue weighted by atomic mass is 10.0. The molecule has 2 rings (SSSR count). The minimum absolute atomic E-state index is 0.169. The van der Waals surface area contributed by atoms with Gasteiger partial charge in [-0.3, -0.25) is 0 Å². The molecule has 0 aliphatic rings. The Kier molecular flexibility index (Phi) is 4.56. The third-order valence-corrected chi connectivity index (χ3v) is 3.43. The summed E-state index contributed by atoms with van der Waals surface area (Å²) in [6.45, 7) is 0.418. The predicted octanol–water partition coefficient (Wildman–Crippen LogP) is 2.05. The van der Waals surface area contributed by atoms with Crippen LogP contribution < -0.4 is 4.74 Å². The van der Waals surface area contributed by atoms with Crippen LogP contribution in [0.1, 0.15) is 16.8 Å². The second-order valence-corrected chi connectivity index (χ2v) is 5.52. The van der Waals surface area contributed by atoms with Gasteiger partial charge in [-0.25, -0.2) is 0 Å². The average Bonchev–Trinajstić information content (AvgIpc) is 2.72. The number of alkyl halides is 3. The van der Waals surface area contributed by atoms with E-state index in [1.165, 1.54) is 13.2 Å². The third-order valence-electron chi connectivity index (χ3n) is 3.43. The summed E-state index contributed by atoms with van der Waals surface area (Å²) in [6.07, 6.45) is -4.71. The van der Waals surface area contributed by atoms with Crippen LogP contribution in [0, 0.1) is 0 Å². The molecule has 0 fully saturated rings. The zero-order valence-corrected chi connectivity index (χ0v) is 13.0. The van der Waals surface area contributed by atoms with Crippen molar-refractivity contribution in [1.29, 1.82) is 0 Å².